The third-order valence-electron chi connectivity index (χ3n) is 3.43. The Balaban J connectivity index is 2.48. The van der Waals surface area contributed by atoms with Gasteiger partial charge in [-0.05, 0) is 36.6 Å². The maximum atomic E-state index is 14.1. The smallest absolute Gasteiger partial charge is 0.206 e. The lowest BCUT2D eigenvalue weighted by Gasteiger charge is -2.16. The van der Waals surface area contributed by atoms with Gasteiger partial charge in [0.05, 0.1) is 10.4 Å². The maximum absolute atomic E-state index is 14.1. The van der Waals surface area contributed by atoms with E-state index in [0.29, 0.717) is 0 Å². The van der Waals surface area contributed by atoms with Gasteiger partial charge in [0, 0.05) is 5.56 Å². The van der Waals surface area contributed by atoms with E-state index in [1.165, 1.54) is 12.1 Å². The van der Waals surface area contributed by atoms with Crippen LogP contribution in [0.2, 0.25) is 0 Å². The minimum Gasteiger partial charge on any atom is -0.206 e. The van der Waals surface area contributed by atoms with E-state index in [0.717, 1.165) is 22.8 Å². The molecule has 112 valence electrons. The Morgan fingerprint density at radius 1 is 1.00 bits per heavy atom. The average Bonchev–Trinajstić information content (AvgIpc) is 2.40. The quantitative estimate of drug-likeness (QED) is 0.458. The zero-order valence-electron chi connectivity index (χ0n) is 11.4. The van der Waals surface area contributed by atoms with Gasteiger partial charge in [-0.1, -0.05) is 46.3 Å². The van der Waals surface area contributed by atoms with E-state index in [4.69, 9.17) is 0 Å². The molecule has 0 saturated carbocycles. The van der Waals surface area contributed by atoms with E-state index in [1.807, 2.05) is 26.0 Å². The van der Waals surface area contributed by atoms with Gasteiger partial charge in [0.2, 0.25) is 0 Å². The number of alkyl halides is 4. The van der Waals surface area contributed by atoms with Crippen LogP contribution in [-0.4, -0.2) is 0 Å². The molecule has 0 spiro atoms. The largest absolute Gasteiger partial charge is 0.419 e. The van der Waals surface area contributed by atoms with Crippen molar-refractivity contribution in [1.29, 1.82) is 0 Å². The highest BCUT2D eigenvalue weighted by Gasteiger charge is 2.35. The van der Waals surface area contributed by atoms with Crippen molar-refractivity contribution in [3.8, 4) is 0 Å². The number of hydrogen-bond donors (Lipinski definition) is 0. The van der Waals surface area contributed by atoms with Gasteiger partial charge in [-0.25, -0.2) is 4.39 Å². The summed E-state index contributed by atoms with van der Waals surface area (Å²) < 4.78 is 52.4. The van der Waals surface area contributed by atoms with E-state index in [-0.39, 0.29) is 5.56 Å². The fourth-order valence-corrected chi connectivity index (χ4v) is 2.70. The predicted octanol–water partition coefficient (Wildman–Crippen LogP) is 5.95. The Hall–Kier alpha value is -1.36. The first-order valence-electron chi connectivity index (χ1n) is 6.28. The second-order valence-electron chi connectivity index (χ2n) is 4.91. The number of aryl methyl sites for hydroxylation is 2. The number of hydrogen-bond acceptors (Lipinski definition) is 0. The molecule has 0 fully saturated rings. The fourth-order valence-electron chi connectivity index (χ4n) is 2.07. The van der Waals surface area contributed by atoms with Gasteiger partial charge in [0.25, 0.3) is 0 Å². The third kappa shape index (κ3) is 3.28. The zero-order valence-corrected chi connectivity index (χ0v) is 13.0. The van der Waals surface area contributed by atoms with Crippen LogP contribution in [0.15, 0.2) is 36.4 Å². The molecule has 21 heavy (non-hydrogen) atoms. The van der Waals surface area contributed by atoms with Crippen LogP contribution in [0.1, 0.15) is 32.6 Å². The molecule has 0 aliphatic carbocycles. The van der Waals surface area contributed by atoms with Gasteiger partial charge in [0.15, 0.2) is 0 Å². The van der Waals surface area contributed by atoms with E-state index in [9.17, 15) is 17.6 Å². The molecule has 0 aromatic heterocycles. The molecule has 0 radical (unpaired) electrons. The van der Waals surface area contributed by atoms with E-state index < -0.39 is 22.4 Å². The Morgan fingerprint density at radius 3 is 2.24 bits per heavy atom. The summed E-state index contributed by atoms with van der Waals surface area (Å²) in [5, 5.41) is 0. The summed E-state index contributed by atoms with van der Waals surface area (Å²) in [6.45, 7) is 3.84. The Bertz CT molecular complexity index is 662. The first kappa shape index (κ1) is 16.0. The fraction of sp³-hybridized carbons (Fsp3) is 0.250. The van der Waals surface area contributed by atoms with Crippen molar-refractivity contribution in [2.24, 2.45) is 0 Å². The monoisotopic (exact) mass is 360 g/mol. The lowest BCUT2D eigenvalue weighted by atomic mass is 9.98. The molecule has 0 aliphatic rings. The molecule has 0 saturated heterocycles. The molecule has 2 aromatic carbocycles. The lowest BCUT2D eigenvalue weighted by Crippen LogP contribution is -2.10. The van der Waals surface area contributed by atoms with Crippen LogP contribution >= 0.6 is 15.9 Å². The molecule has 1 atom stereocenters. The van der Waals surface area contributed by atoms with E-state index in [1.54, 1.807) is 6.07 Å². The minimum absolute atomic E-state index is 0.0203. The molecule has 2 aromatic rings. The predicted molar refractivity (Wildman–Crippen MR) is 78.1 cm³/mol. The van der Waals surface area contributed by atoms with Crippen LogP contribution in [0.25, 0.3) is 0 Å². The van der Waals surface area contributed by atoms with Crippen molar-refractivity contribution < 1.29 is 17.6 Å². The molecule has 0 heterocycles. The van der Waals surface area contributed by atoms with Gasteiger partial charge in [-0.2, -0.15) is 13.2 Å². The SMILES string of the molecule is Cc1ccc(C(Br)c2cccc(C(F)(F)F)c2F)cc1C. The summed E-state index contributed by atoms with van der Waals surface area (Å²) in [5.74, 6) is -1.23. The van der Waals surface area contributed by atoms with Crippen molar-refractivity contribution in [2.75, 3.05) is 0 Å². The van der Waals surface area contributed by atoms with Crippen molar-refractivity contribution >= 4 is 15.9 Å². The topological polar surface area (TPSA) is 0 Å². The summed E-state index contributed by atoms with van der Waals surface area (Å²) in [6.07, 6.45) is -4.70. The van der Waals surface area contributed by atoms with Gasteiger partial charge in [-0.3, -0.25) is 0 Å². The number of rotatable bonds is 2. The molecule has 0 amide bonds. The molecule has 0 nitrogen and oxygen atoms in total. The number of benzene rings is 2. The van der Waals surface area contributed by atoms with Gasteiger partial charge in [-0.15, -0.1) is 0 Å². The minimum atomic E-state index is -4.70. The van der Waals surface area contributed by atoms with Gasteiger partial charge < -0.3 is 0 Å². The van der Waals surface area contributed by atoms with Crippen LogP contribution in [0.3, 0.4) is 0 Å². The van der Waals surface area contributed by atoms with Crippen molar-refractivity contribution in [2.45, 2.75) is 24.9 Å². The summed E-state index contributed by atoms with van der Waals surface area (Å²) >= 11 is 3.30. The van der Waals surface area contributed by atoms with Crippen molar-refractivity contribution in [3.05, 3.63) is 70.0 Å². The summed E-state index contributed by atoms with van der Waals surface area (Å²) in [4.78, 5) is -0.626. The highest BCUT2D eigenvalue weighted by Crippen LogP contribution is 2.38. The number of halogens is 5. The maximum Gasteiger partial charge on any atom is 0.419 e. The van der Waals surface area contributed by atoms with Crippen LogP contribution < -0.4 is 0 Å². The van der Waals surface area contributed by atoms with Crippen molar-refractivity contribution in [3.63, 3.8) is 0 Å². The van der Waals surface area contributed by atoms with Crippen LogP contribution in [0.4, 0.5) is 17.6 Å². The van der Waals surface area contributed by atoms with Gasteiger partial charge >= 0.3 is 6.18 Å². The molecule has 1 unspecified atom stereocenters. The van der Waals surface area contributed by atoms with Crippen LogP contribution in [0, 0.1) is 19.7 Å². The van der Waals surface area contributed by atoms with Crippen LogP contribution in [0.5, 0.6) is 0 Å². The lowest BCUT2D eigenvalue weighted by molar-refractivity contribution is -0.140. The standard InChI is InChI=1S/C16H13BrF4/c1-9-6-7-11(8-10(9)2)14(17)12-4-3-5-13(15(12)18)16(19,20)21/h3-8,14H,1-2H3. The van der Waals surface area contributed by atoms with Gasteiger partial charge in [0.1, 0.15) is 5.82 Å². The normalized spacial score (nSPS) is 13.3. The van der Waals surface area contributed by atoms with E-state index >= 15 is 0 Å². The third-order valence-corrected chi connectivity index (χ3v) is 4.45. The average molecular weight is 361 g/mol. The summed E-state index contributed by atoms with van der Waals surface area (Å²) in [7, 11) is 0. The molecular weight excluding hydrogens is 348 g/mol. The Kier molecular flexibility index (Phi) is 4.42. The zero-order chi connectivity index (χ0) is 15.8. The first-order valence-corrected chi connectivity index (χ1v) is 7.20. The highest BCUT2D eigenvalue weighted by atomic mass is 79.9. The van der Waals surface area contributed by atoms with Crippen LogP contribution in [-0.2, 0) is 6.18 Å². The molecule has 5 heteroatoms. The summed E-state index contributed by atoms with van der Waals surface area (Å²) in [5.41, 5.74) is 1.53. The van der Waals surface area contributed by atoms with Crippen molar-refractivity contribution in [1.82, 2.24) is 0 Å². The first-order chi connectivity index (χ1) is 9.71. The molecule has 2 rings (SSSR count). The molecule has 0 N–H and O–H groups in total. The highest BCUT2D eigenvalue weighted by molar-refractivity contribution is 9.09. The second-order valence-corrected chi connectivity index (χ2v) is 5.83. The summed E-state index contributed by atoms with van der Waals surface area (Å²) in [6, 6.07) is 8.81. The van der Waals surface area contributed by atoms with E-state index in [2.05, 4.69) is 15.9 Å². The molecular formula is C16H13BrF4. The Labute approximate surface area is 128 Å². The molecule has 0 bridgehead atoms. The second kappa shape index (κ2) is 5.79. The Morgan fingerprint density at radius 2 is 1.67 bits per heavy atom. The molecule has 0 aliphatic heterocycles.